The van der Waals surface area contributed by atoms with Crippen LogP contribution in [0.15, 0.2) is 24.3 Å². The monoisotopic (exact) mass is 169 g/mol. The molecule has 0 aliphatic heterocycles. The van der Waals surface area contributed by atoms with Gasteiger partial charge in [-0.25, -0.2) is 9.87 Å². The summed E-state index contributed by atoms with van der Waals surface area (Å²) >= 11 is 0. The highest BCUT2D eigenvalue weighted by Crippen LogP contribution is 2.04. The molecule has 1 aromatic carbocycles. The molecule has 0 fully saturated rings. The molecule has 0 aliphatic rings. The summed E-state index contributed by atoms with van der Waals surface area (Å²) in [6, 6.07) is 6.25. The van der Waals surface area contributed by atoms with Crippen molar-refractivity contribution in [2.45, 2.75) is 19.4 Å². The largest absolute Gasteiger partial charge is 0.317 e. The molecule has 2 nitrogen and oxygen atoms in total. The van der Waals surface area contributed by atoms with Crippen molar-refractivity contribution in [1.29, 1.82) is 0 Å². The Morgan fingerprint density at radius 2 is 2.00 bits per heavy atom. The van der Waals surface area contributed by atoms with Gasteiger partial charge in [0.2, 0.25) is 0 Å². The molecule has 0 aromatic heterocycles. The van der Waals surface area contributed by atoms with Gasteiger partial charge in [0, 0.05) is 6.04 Å². The summed E-state index contributed by atoms with van der Waals surface area (Å²) in [5.41, 5.74) is 3.14. The first kappa shape index (κ1) is 9.16. The molecule has 66 valence electrons. The van der Waals surface area contributed by atoms with E-state index in [1.54, 1.807) is 12.1 Å². The van der Waals surface area contributed by atoms with E-state index in [1.807, 2.05) is 6.92 Å². The second-order valence-electron chi connectivity index (χ2n) is 2.86. The van der Waals surface area contributed by atoms with E-state index >= 15 is 0 Å². The Morgan fingerprint density at radius 1 is 1.42 bits per heavy atom. The Hall–Kier alpha value is -0.930. The van der Waals surface area contributed by atoms with Crippen LogP contribution >= 0.6 is 0 Å². The van der Waals surface area contributed by atoms with Crippen molar-refractivity contribution in [2.75, 3.05) is 0 Å². The van der Waals surface area contributed by atoms with Gasteiger partial charge in [0.15, 0.2) is 0 Å². The van der Waals surface area contributed by atoms with Crippen LogP contribution in [0.1, 0.15) is 12.5 Å². The van der Waals surface area contributed by atoms with Gasteiger partial charge in [0.25, 0.3) is 0 Å². The lowest BCUT2D eigenvalue weighted by molar-refractivity contribution is 0.133. The molecule has 0 bridgehead atoms. The van der Waals surface area contributed by atoms with E-state index in [4.69, 9.17) is 5.21 Å². The summed E-state index contributed by atoms with van der Waals surface area (Å²) in [6.45, 7) is 1.85. The van der Waals surface area contributed by atoms with E-state index in [9.17, 15) is 4.39 Å². The molecule has 0 heterocycles. The van der Waals surface area contributed by atoms with Crippen molar-refractivity contribution in [1.82, 2.24) is 5.48 Å². The lowest BCUT2D eigenvalue weighted by atomic mass is 10.1. The molecule has 2 N–H and O–H groups in total. The molecule has 1 rings (SSSR count). The van der Waals surface area contributed by atoms with Gasteiger partial charge in [-0.1, -0.05) is 12.1 Å². The second kappa shape index (κ2) is 4.18. The number of hydrogen-bond acceptors (Lipinski definition) is 2. The number of hydrogen-bond donors (Lipinski definition) is 2. The highest BCUT2D eigenvalue weighted by Gasteiger charge is 2.00. The topological polar surface area (TPSA) is 32.3 Å². The maximum atomic E-state index is 12.4. The van der Waals surface area contributed by atoms with E-state index in [1.165, 1.54) is 12.1 Å². The summed E-state index contributed by atoms with van der Waals surface area (Å²) in [6.07, 6.45) is 0.691. The molecule has 0 spiro atoms. The molecule has 0 radical (unpaired) electrons. The highest BCUT2D eigenvalue weighted by molar-refractivity contribution is 5.16. The van der Waals surface area contributed by atoms with E-state index in [2.05, 4.69) is 5.48 Å². The zero-order valence-corrected chi connectivity index (χ0v) is 6.92. The minimum atomic E-state index is -0.233. The number of halogens is 1. The average molecular weight is 169 g/mol. The van der Waals surface area contributed by atoms with Crippen molar-refractivity contribution >= 4 is 0 Å². The van der Waals surface area contributed by atoms with Crippen LogP contribution in [0.2, 0.25) is 0 Å². The molecule has 12 heavy (non-hydrogen) atoms. The first-order valence-electron chi connectivity index (χ1n) is 3.86. The molecule has 0 amide bonds. The summed E-state index contributed by atoms with van der Waals surface area (Å²) in [4.78, 5) is 0. The molecule has 1 aromatic rings. The van der Waals surface area contributed by atoms with Crippen LogP contribution in [-0.2, 0) is 6.42 Å². The van der Waals surface area contributed by atoms with Gasteiger partial charge < -0.3 is 5.21 Å². The van der Waals surface area contributed by atoms with Gasteiger partial charge in [-0.3, -0.25) is 0 Å². The fourth-order valence-electron chi connectivity index (χ4n) is 1.02. The molecule has 0 saturated heterocycles. The van der Waals surface area contributed by atoms with Crippen LogP contribution < -0.4 is 5.48 Å². The molecule has 0 aliphatic carbocycles. The Balaban J connectivity index is 2.58. The van der Waals surface area contributed by atoms with E-state index in [0.717, 1.165) is 5.56 Å². The van der Waals surface area contributed by atoms with Crippen LogP contribution in [0.5, 0.6) is 0 Å². The maximum Gasteiger partial charge on any atom is 0.123 e. The number of rotatable bonds is 3. The van der Waals surface area contributed by atoms with E-state index < -0.39 is 0 Å². The third kappa shape index (κ3) is 2.60. The predicted octanol–water partition coefficient (Wildman–Crippen LogP) is 1.74. The number of hydroxylamine groups is 1. The van der Waals surface area contributed by atoms with E-state index in [0.29, 0.717) is 6.42 Å². The van der Waals surface area contributed by atoms with Crippen molar-refractivity contribution in [3.63, 3.8) is 0 Å². The predicted molar refractivity (Wildman–Crippen MR) is 44.5 cm³/mol. The normalized spacial score (nSPS) is 12.9. The summed E-state index contributed by atoms with van der Waals surface area (Å²) in [5.74, 6) is -0.233. The first-order valence-corrected chi connectivity index (χ1v) is 3.86. The van der Waals surface area contributed by atoms with Crippen molar-refractivity contribution < 1.29 is 9.60 Å². The average Bonchev–Trinajstić information content (AvgIpc) is 2.09. The fraction of sp³-hybridized carbons (Fsp3) is 0.333. The zero-order valence-electron chi connectivity index (χ0n) is 6.92. The molecule has 3 heteroatoms. The molecule has 1 atom stereocenters. The van der Waals surface area contributed by atoms with Crippen LogP contribution in [0.25, 0.3) is 0 Å². The van der Waals surface area contributed by atoms with Crippen molar-refractivity contribution in [3.8, 4) is 0 Å². The molecule has 0 saturated carbocycles. The summed E-state index contributed by atoms with van der Waals surface area (Å²) < 4.78 is 12.4. The van der Waals surface area contributed by atoms with Crippen LogP contribution in [0.3, 0.4) is 0 Å². The Morgan fingerprint density at radius 3 is 2.50 bits per heavy atom. The van der Waals surface area contributed by atoms with Crippen LogP contribution in [0.4, 0.5) is 4.39 Å². The summed E-state index contributed by atoms with van der Waals surface area (Å²) in [7, 11) is 0. The minimum absolute atomic E-state index is 0.00420. The fourth-order valence-corrected chi connectivity index (χ4v) is 1.02. The van der Waals surface area contributed by atoms with Gasteiger partial charge >= 0.3 is 0 Å². The number of nitrogens with one attached hydrogen (secondary N) is 1. The molecular weight excluding hydrogens is 157 g/mol. The lowest BCUT2D eigenvalue weighted by Crippen LogP contribution is -2.24. The smallest absolute Gasteiger partial charge is 0.123 e. The molecular formula is C9H12FNO. The number of benzene rings is 1. The lowest BCUT2D eigenvalue weighted by Gasteiger charge is -2.07. The van der Waals surface area contributed by atoms with Gasteiger partial charge in [-0.05, 0) is 31.0 Å². The second-order valence-corrected chi connectivity index (χ2v) is 2.86. The van der Waals surface area contributed by atoms with Gasteiger partial charge in [-0.15, -0.1) is 0 Å². The Labute approximate surface area is 71.0 Å². The standard InChI is InChI=1S/C9H12FNO/c1-7(11-12)6-8-2-4-9(10)5-3-8/h2-5,7,11-12H,6H2,1H3. The Bertz CT molecular complexity index is 235. The molecule has 1 unspecified atom stereocenters. The van der Waals surface area contributed by atoms with Gasteiger partial charge in [0.1, 0.15) is 5.82 Å². The van der Waals surface area contributed by atoms with Crippen LogP contribution in [-0.4, -0.2) is 11.2 Å². The summed E-state index contributed by atoms with van der Waals surface area (Å²) in [5, 5.41) is 8.53. The third-order valence-electron chi connectivity index (χ3n) is 1.68. The minimum Gasteiger partial charge on any atom is -0.317 e. The third-order valence-corrected chi connectivity index (χ3v) is 1.68. The Kier molecular flexibility index (Phi) is 3.19. The van der Waals surface area contributed by atoms with E-state index in [-0.39, 0.29) is 11.9 Å². The van der Waals surface area contributed by atoms with Crippen molar-refractivity contribution in [2.24, 2.45) is 0 Å². The first-order chi connectivity index (χ1) is 5.72. The van der Waals surface area contributed by atoms with Crippen molar-refractivity contribution in [3.05, 3.63) is 35.6 Å². The SMILES string of the molecule is CC(Cc1ccc(F)cc1)NO. The van der Waals surface area contributed by atoms with Gasteiger partial charge in [0.05, 0.1) is 0 Å². The quantitative estimate of drug-likeness (QED) is 0.675. The highest BCUT2D eigenvalue weighted by atomic mass is 19.1. The maximum absolute atomic E-state index is 12.4. The van der Waals surface area contributed by atoms with Gasteiger partial charge in [-0.2, -0.15) is 0 Å². The zero-order chi connectivity index (χ0) is 8.97. The van der Waals surface area contributed by atoms with Crippen LogP contribution in [0, 0.1) is 5.82 Å².